The van der Waals surface area contributed by atoms with Gasteiger partial charge in [-0.25, -0.2) is 4.98 Å². The van der Waals surface area contributed by atoms with Gasteiger partial charge in [-0.2, -0.15) is 9.87 Å². The SMILES string of the molecule is COOc1cnc(Nc2cc(OC)c(OC)c(OC)c2)nc1Oc1ccccc1. The van der Waals surface area contributed by atoms with E-state index >= 15 is 0 Å². The topological polar surface area (TPSA) is 93.2 Å². The van der Waals surface area contributed by atoms with Crippen molar-refractivity contribution in [2.75, 3.05) is 33.8 Å². The van der Waals surface area contributed by atoms with Gasteiger partial charge < -0.3 is 29.2 Å². The van der Waals surface area contributed by atoms with Gasteiger partial charge in [-0.05, 0) is 12.1 Å². The number of nitrogens with one attached hydrogen (secondary N) is 1. The molecule has 3 aromatic rings. The van der Waals surface area contributed by atoms with Crippen molar-refractivity contribution in [2.24, 2.45) is 0 Å². The molecule has 3 rings (SSSR count). The Bertz CT molecular complexity index is 927. The number of para-hydroxylation sites is 1. The lowest BCUT2D eigenvalue weighted by atomic mass is 10.2. The minimum atomic E-state index is 0.183. The van der Waals surface area contributed by atoms with E-state index in [0.29, 0.717) is 28.7 Å². The maximum atomic E-state index is 5.80. The lowest BCUT2D eigenvalue weighted by molar-refractivity contribution is -0.179. The predicted molar refractivity (Wildman–Crippen MR) is 106 cm³/mol. The van der Waals surface area contributed by atoms with Crippen molar-refractivity contribution < 1.29 is 28.7 Å². The first-order valence-electron chi connectivity index (χ1n) is 8.56. The highest BCUT2D eigenvalue weighted by molar-refractivity contribution is 5.66. The third-order valence-corrected chi connectivity index (χ3v) is 3.77. The van der Waals surface area contributed by atoms with Crippen LogP contribution in [0.4, 0.5) is 11.6 Å². The fourth-order valence-corrected chi connectivity index (χ4v) is 2.52. The number of ether oxygens (including phenoxy) is 4. The Labute approximate surface area is 168 Å². The zero-order valence-corrected chi connectivity index (χ0v) is 16.5. The molecule has 0 aliphatic rings. The summed E-state index contributed by atoms with van der Waals surface area (Å²) in [6.07, 6.45) is 1.44. The average molecular weight is 399 g/mol. The first kappa shape index (κ1) is 20.0. The lowest BCUT2D eigenvalue weighted by Crippen LogP contribution is -2.03. The molecule has 0 unspecified atom stereocenters. The molecular weight excluding hydrogens is 378 g/mol. The Morgan fingerprint density at radius 1 is 0.828 bits per heavy atom. The van der Waals surface area contributed by atoms with Gasteiger partial charge in [-0.1, -0.05) is 18.2 Å². The Balaban J connectivity index is 1.92. The third kappa shape index (κ3) is 4.77. The van der Waals surface area contributed by atoms with Crippen molar-refractivity contribution in [1.29, 1.82) is 0 Å². The molecule has 9 heteroatoms. The molecule has 0 aliphatic carbocycles. The minimum absolute atomic E-state index is 0.183. The molecule has 9 nitrogen and oxygen atoms in total. The summed E-state index contributed by atoms with van der Waals surface area (Å²) in [5.41, 5.74) is 0.630. The normalized spacial score (nSPS) is 10.2. The predicted octanol–water partition coefficient (Wildman–Crippen LogP) is 3.98. The van der Waals surface area contributed by atoms with E-state index in [-0.39, 0.29) is 17.6 Å². The number of nitrogens with zero attached hydrogens (tertiary/aromatic N) is 2. The molecule has 0 saturated carbocycles. The van der Waals surface area contributed by atoms with Crippen LogP contribution in [0, 0.1) is 0 Å². The smallest absolute Gasteiger partial charge is 0.271 e. The van der Waals surface area contributed by atoms with Gasteiger partial charge in [0.15, 0.2) is 11.5 Å². The number of benzene rings is 2. The summed E-state index contributed by atoms with van der Waals surface area (Å²) in [4.78, 5) is 18.4. The monoisotopic (exact) mass is 399 g/mol. The van der Waals surface area contributed by atoms with Crippen molar-refractivity contribution in [1.82, 2.24) is 9.97 Å². The molecule has 0 aliphatic heterocycles. The minimum Gasteiger partial charge on any atom is -0.493 e. The van der Waals surface area contributed by atoms with E-state index in [4.69, 9.17) is 28.7 Å². The van der Waals surface area contributed by atoms with Crippen LogP contribution in [0.15, 0.2) is 48.7 Å². The van der Waals surface area contributed by atoms with Crippen molar-refractivity contribution in [3.8, 4) is 34.6 Å². The second-order valence-electron chi connectivity index (χ2n) is 5.57. The van der Waals surface area contributed by atoms with Crippen LogP contribution in [0.3, 0.4) is 0 Å². The van der Waals surface area contributed by atoms with E-state index in [1.165, 1.54) is 20.4 Å². The fourth-order valence-electron chi connectivity index (χ4n) is 2.52. The van der Waals surface area contributed by atoms with E-state index in [1.54, 1.807) is 38.5 Å². The van der Waals surface area contributed by atoms with Crippen molar-refractivity contribution >= 4 is 11.6 Å². The summed E-state index contributed by atoms with van der Waals surface area (Å²) < 4.78 is 21.9. The highest BCUT2D eigenvalue weighted by Crippen LogP contribution is 2.40. The molecule has 29 heavy (non-hydrogen) atoms. The van der Waals surface area contributed by atoms with E-state index in [2.05, 4.69) is 15.3 Å². The highest BCUT2D eigenvalue weighted by Gasteiger charge is 2.16. The standard InChI is InChI=1S/C20H21N3O6/c1-24-15-10-13(11-16(25-2)18(15)26-3)22-20-21-12-17(29-27-4)19(23-20)28-14-8-6-5-7-9-14/h5-12H,1-4H3,(H,21,22,23). The lowest BCUT2D eigenvalue weighted by Gasteiger charge is -2.15. The number of aromatic nitrogens is 2. The van der Waals surface area contributed by atoms with Crippen molar-refractivity contribution in [2.45, 2.75) is 0 Å². The van der Waals surface area contributed by atoms with E-state index in [0.717, 1.165) is 0 Å². The van der Waals surface area contributed by atoms with Crippen LogP contribution in [0.1, 0.15) is 0 Å². The van der Waals surface area contributed by atoms with Crippen LogP contribution in [0.5, 0.6) is 34.6 Å². The Hall–Kier alpha value is -3.72. The number of anilines is 2. The molecule has 1 N–H and O–H groups in total. The summed E-state index contributed by atoms with van der Waals surface area (Å²) in [6.45, 7) is 0. The van der Waals surface area contributed by atoms with Gasteiger partial charge >= 0.3 is 0 Å². The van der Waals surface area contributed by atoms with Gasteiger partial charge in [0.1, 0.15) is 5.75 Å². The van der Waals surface area contributed by atoms with Gasteiger partial charge in [0.05, 0.1) is 34.6 Å². The molecule has 2 aromatic carbocycles. The summed E-state index contributed by atoms with van der Waals surface area (Å²) in [7, 11) is 6.01. The zero-order valence-electron chi connectivity index (χ0n) is 16.5. The van der Waals surface area contributed by atoms with Crippen LogP contribution < -0.4 is 29.2 Å². The largest absolute Gasteiger partial charge is 0.493 e. The maximum absolute atomic E-state index is 5.80. The highest BCUT2D eigenvalue weighted by atomic mass is 17.2. The summed E-state index contributed by atoms with van der Waals surface area (Å²) in [5, 5.41) is 3.09. The van der Waals surface area contributed by atoms with E-state index in [1.807, 2.05) is 18.2 Å². The van der Waals surface area contributed by atoms with Gasteiger partial charge in [0, 0.05) is 17.8 Å². The molecule has 0 saturated heterocycles. The van der Waals surface area contributed by atoms with Crippen molar-refractivity contribution in [3.05, 3.63) is 48.7 Å². The zero-order chi connectivity index (χ0) is 20.6. The number of methoxy groups -OCH3 is 3. The Morgan fingerprint density at radius 3 is 2.10 bits per heavy atom. The molecule has 0 bridgehead atoms. The molecule has 1 heterocycles. The van der Waals surface area contributed by atoms with Crippen LogP contribution in [0.2, 0.25) is 0 Å². The Morgan fingerprint density at radius 2 is 1.52 bits per heavy atom. The van der Waals surface area contributed by atoms with Crippen LogP contribution >= 0.6 is 0 Å². The van der Waals surface area contributed by atoms with Gasteiger partial charge in [0.25, 0.3) is 5.88 Å². The molecule has 0 radical (unpaired) electrons. The number of rotatable bonds is 9. The fraction of sp³-hybridized carbons (Fsp3) is 0.200. The quantitative estimate of drug-likeness (QED) is 0.423. The first-order chi connectivity index (χ1) is 14.2. The third-order valence-electron chi connectivity index (χ3n) is 3.77. The van der Waals surface area contributed by atoms with Crippen LogP contribution in [0.25, 0.3) is 0 Å². The molecular formula is C20H21N3O6. The summed E-state index contributed by atoms with van der Waals surface area (Å²) >= 11 is 0. The van der Waals surface area contributed by atoms with Gasteiger partial charge in [-0.3, -0.25) is 0 Å². The molecule has 0 atom stereocenters. The van der Waals surface area contributed by atoms with Crippen LogP contribution in [-0.4, -0.2) is 38.4 Å². The number of hydrogen-bond donors (Lipinski definition) is 1. The van der Waals surface area contributed by atoms with E-state index in [9.17, 15) is 0 Å². The average Bonchev–Trinajstić information content (AvgIpc) is 2.75. The van der Waals surface area contributed by atoms with Gasteiger partial charge in [0.2, 0.25) is 17.4 Å². The first-order valence-corrected chi connectivity index (χ1v) is 8.56. The van der Waals surface area contributed by atoms with Crippen molar-refractivity contribution in [3.63, 3.8) is 0 Å². The summed E-state index contributed by atoms with van der Waals surface area (Å²) in [6, 6.07) is 12.7. The van der Waals surface area contributed by atoms with Crippen LogP contribution in [-0.2, 0) is 4.89 Å². The molecule has 0 spiro atoms. The molecule has 152 valence electrons. The van der Waals surface area contributed by atoms with Gasteiger partial charge in [-0.15, -0.1) is 0 Å². The molecule has 0 amide bonds. The number of hydrogen-bond acceptors (Lipinski definition) is 9. The molecule has 0 fully saturated rings. The molecule has 1 aromatic heterocycles. The Kier molecular flexibility index (Phi) is 6.54. The van der Waals surface area contributed by atoms with E-state index < -0.39 is 0 Å². The second-order valence-corrected chi connectivity index (χ2v) is 5.57. The summed E-state index contributed by atoms with van der Waals surface area (Å²) in [5.74, 6) is 2.75. The second kappa shape index (κ2) is 9.47. The maximum Gasteiger partial charge on any atom is 0.271 e.